The standard InChI is InChI=1S/C25H33N3O2/c1-2-27(19-21-11-5-3-6-12-21)18-17-26-25(30)23-15-9-10-16-24(29)28(23)20-22-13-7-4-8-14-22/h3-8,11-14,23H,2,9-10,15-20H2,1H3,(H,26,30). The van der Waals surface area contributed by atoms with Crippen LogP contribution in [-0.2, 0) is 22.7 Å². The average Bonchev–Trinajstić information content (AvgIpc) is 2.96. The molecule has 1 saturated heterocycles. The minimum atomic E-state index is -0.385. The smallest absolute Gasteiger partial charge is 0.242 e. The Labute approximate surface area is 180 Å². The van der Waals surface area contributed by atoms with Gasteiger partial charge in [0.1, 0.15) is 6.04 Å². The van der Waals surface area contributed by atoms with E-state index in [-0.39, 0.29) is 17.9 Å². The first kappa shape index (κ1) is 22.0. The number of nitrogens with zero attached hydrogens (tertiary/aromatic N) is 2. The van der Waals surface area contributed by atoms with Crippen LogP contribution in [0.15, 0.2) is 60.7 Å². The van der Waals surface area contributed by atoms with Crippen molar-refractivity contribution in [1.29, 1.82) is 0 Å². The van der Waals surface area contributed by atoms with Crippen LogP contribution in [0.2, 0.25) is 0 Å². The highest BCUT2D eigenvalue weighted by atomic mass is 16.2. The van der Waals surface area contributed by atoms with Crippen LogP contribution in [0.25, 0.3) is 0 Å². The van der Waals surface area contributed by atoms with Gasteiger partial charge in [-0.1, -0.05) is 74.0 Å². The summed E-state index contributed by atoms with van der Waals surface area (Å²) in [5.74, 6) is 0.0488. The van der Waals surface area contributed by atoms with E-state index in [1.54, 1.807) is 4.90 Å². The Morgan fingerprint density at radius 1 is 1.03 bits per heavy atom. The zero-order valence-electron chi connectivity index (χ0n) is 17.9. The molecule has 3 rings (SSSR count). The molecule has 1 heterocycles. The van der Waals surface area contributed by atoms with Crippen LogP contribution in [0, 0.1) is 0 Å². The predicted octanol–water partition coefficient (Wildman–Crippen LogP) is 3.60. The molecule has 0 aromatic heterocycles. The lowest BCUT2D eigenvalue weighted by Gasteiger charge is -2.30. The number of amides is 2. The second kappa shape index (κ2) is 11.5. The van der Waals surface area contributed by atoms with E-state index in [0.717, 1.165) is 44.5 Å². The summed E-state index contributed by atoms with van der Waals surface area (Å²) in [5.41, 5.74) is 2.33. The molecule has 1 unspecified atom stereocenters. The summed E-state index contributed by atoms with van der Waals surface area (Å²) < 4.78 is 0. The van der Waals surface area contributed by atoms with E-state index in [2.05, 4.69) is 41.4 Å². The number of carbonyl (C=O) groups is 2. The molecule has 30 heavy (non-hydrogen) atoms. The van der Waals surface area contributed by atoms with Crippen LogP contribution >= 0.6 is 0 Å². The van der Waals surface area contributed by atoms with Crippen LogP contribution in [0.3, 0.4) is 0 Å². The van der Waals surface area contributed by atoms with Gasteiger partial charge in [0.15, 0.2) is 0 Å². The van der Waals surface area contributed by atoms with Crippen LogP contribution in [0.5, 0.6) is 0 Å². The van der Waals surface area contributed by atoms with E-state index >= 15 is 0 Å². The number of carbonyl (C=O) groups excluding carboxylic acids is 2. The van der Waals surface area contributed by atoms with E-state index in [4.69, 9.17) is 0 Å². The predicted molar refractivity (Wildman–Crippen MR) is 120 cm³/mol. The maximum atomic E-state index is 13.0. The highest BCUT2D eigenvalue weighted by Crippen LogP contribution is 2.20. The van der Waals surface area contributed by atoms with Crippen molar-refractivity contribution in [2.24, 2.45) is 0 Å². The molecule has 0 saturated carbocycles. The van der Waals surface area contributed by atoms with Crippen molar-refractivity contribution in [3.05, 3.63) is 71.8 Å². The number of hydrogen-bond acceptors (Lipinski definition) is 3. The summed E-state index contributed by atoms with van der Waals surface area (Å²) in [4.78, 5) is 29.8. The minimum absolute atomic E-state index is 0.0306. The molecule has 5 heteroatoms. The fourth-order valence-electron chi connectivity index (χ4n) is 3.98. The third-order valence-corrected chi connectivity index (χ3v) is 5.74. The number of likely N-dealkylation sites (tertiary alicyclic amines) is 1. The fourth-order valence-corrected chi connectivity index (χ4v) is 3.98. The van der Waals surface area contributed by atoms with Crippen LogP contribution in [-0.4, -0.2) is 47.3 Å². The Hall–Kier alpha value is -2.66. The first-order valence-corrected chi connectivity index (χ1v) is 11.0. The molecule has 5 nitrogen and oxygen atoms in total. The lowest BCUT2D eigenvalue weighted by molar-refractivity contribution is -0.140. The molecule has 2 aromatic rings. The third kappa shape index (κ3) is 6.42. The second-order valence-electron chi connectivity index (χ2n) is 7.91. The van der Waals surface area contributed by atoms with E-state index in [9.17, 15) is 9.59 Å². The molecular formula is C25H33N3O2. The molecule has 2 aromatic carbocycles. The summed E-state index contributed by atoms with van der Waals surface area (Å²) in [6.07, 6.45) is 3.02. The number of benzene rings is 2. The summed E-state index contributed by atoms with van der Waals surface area (Å²) in [6.45, 7) is 5.80. The van der Waals surface area contributed by atoms with Gasteiger partial charge in [0, 0.05) is 32.6 Å². The monoisotopic (exact) mass is 407 g/mol. The Balaban J connectivity index is 1.56. The van der Waals surface area contributed by atoms with Crippen LogP contribution < -0.4 is 5.32 Å². The van der Waals surface area contributed by atoms with Gasteiger partial charge in [-0.2, -0.15) is 0 Å². The second-order valence-corrected chi connectivity index (χ2v) is 7.91. The minimum Gasteiger partial charge on any atom is -0.353 e. The number of hydrogen-bond donors (Lipinski definition) is 1. The Bertz CT molecular complexity index is 795. The van der Waals surface area contributed by atoms with Crippen molar-refractivity contribution in [2.75, 3.05) is 19.6 Å². The maximum Gasteiger partial charge on any atom is 0.242 e. The zero-order valence-corrected chi connectivity index (χ0v) is 17.9. The molecule has 0 radical (unpaired) electrons. The van der Waals surface area contributed by atoms with Crippen molar-refractivity contribution in [2.45, 2.75) is 51.7 Å². The number of rotatable bonds is 9. The van der Waals surface area contributed by atoms with Gasteiger partial charge in [0.05, 0.1) is 0 Å². The van der Waals surface area contributed by atoms with Gasteiger partial charge >= 0.3 is 0 Å². The largest absolute Gasteiger partial charge is 0.353 e. The average molecular weight is 408 g/mol. The molecule has 1 fully saturated rings. The van der Waals surface area contributed by atoms with Crippen molar-refractivity contribution in [3.63, 3.8) is 0 Å². The SMILES string of the molecule is CCN(CCNC(=O)C1CCCCC(=O)N1Cc1ccccc1)Cc1ccccc1. The van der Waals surface area contributed by atoms with E-state index in [1.807, 2.05) is 36.4 Å². The molecule has 160 valence electrons. The summed E-state index contributed by atoms with van der Waals surface area (Å²) in [5, 5.41) is 3.09. The molecule has 0 aliphatic carbocycles. The topological polar surface area (TPSA) is 52.7 Å². The van der Waals surface area contributed by atoms with Gasteiger partial charge in [-0.15, -0.1) is 0 Å². The van der Waals surface area contributed by atoms with Gasteiger partial charge in [0.25, 0.3) is 0 Å². The molecule has 1 atom stereocenters. The van der Waals surface area contributed by atoms with Crippen LogP contribution in [0.1, 0.15) is 43.7 Å². The highest BCUT2D eigenvalue weighted by Gasteiger charge is 2.31. The van der Waals surface area contributed by atoms with Crippen LogP contribution in [0.4, 0.5) is 0 Å². The van der Waals surface area contributed by atoms with Gasteiger partial charge < -0.3 is 10.2 Å². The molecule has 1 aliphatic heterocycles. The Morgan fingerprint density at radius 3 is 2.37 bits per heavy atom. The number of nitrogens with one attached hydrogen (secondary N) is 1. The molecule has 0 bridgehead atoms. The first-order valence-electron chi connectivity index (χ1n) is 11.0. The molecule has 2 amide bonds. The Morgan fingerprint density at radius 2 is 1.70 bits per heavy atom. The lowest BCUT2D eigenvalue weighted by Crippen LogP contribution is -2.49. The zero-order chi connectivity index (χ0) is 21.2. The van der Waals surface area contributed by atoms with Gasteiger partial charge in [-0.3, -0.25) is 14.5 Å². The van der Waals surface area contributed by atoms with Gasteiger partial charge in [-0.25, -0.2) is 0 Å². The first-order chi connectivity index (χ1) is 14.7. The molecular weight excluding hydrogens is 374 g/mol. The third-order valence-electron chi connectivity index (χ3n) is 5.74. The maximum absolute atomic E-state index is 13.0. The van der Waals surface area contributed by atoms with E-state index in [0.29, 0.717) is 19.5 Å². The lowest BCUT2D eigenvalue weighted by atomic mass is 10.1. The fraction of sp³-hybridized carbons (Fsp3) is 0.440. The molecule has 1 aliphatic rings. The summed E-state index contributed by atoms with van der Waals surface area (Å²) in [6, 6.07) is 19.9. The van der Waals surface area contributed by atoms with Gasteiger partial charge in [-0.05, 0) is 30.5 Å². The van der Waals surface area contributed by atoms with Crippen molar-refractivity contribution in [3.8, 4) is 0 Å². The van der Waals surface area contributed by atoms with Gasteiger partial charge in [0.2, 0.25) is 11.8 Å². The van der Waals surface area contributed by atoms with Crippen molar-refractivity contribution in [1.82, 2.24) is 15.1 Å². The molecule has 1 N–H and O–H groups in total. The van der Waals surface area contributed by atoms with E-state index < -0.39 is 0 Å². The highest BCUT2D eigenvalue weighted by molar-refractivity contribution is 5.88. The number of likely N-dealkylation sites (N-methyl/N-ethyl adjacent to an activating group) is 1. The van der Waals surface area contributed by atoms with Crippen molar-refractivity contribution >= 4 is 11.8 Å². The van der Waals surface area contributed by atoms with Crippen molar-refractivity contribution < 1.29 is 9.59 Å². The normalized spacial score (nSPS) is 17.1. The summed E-state index contributed by atoms with van der Waals surface area (Å²) in [7, 11) is 0. The van der Waals surface area contributed by atoms with E-state index in [1.165, 1.54) is 5.56 Å². The Kier molecular flexibility index (Phi) is 8.45. The summed E-state index contributed by atoms with van der Waals surface area (Å²) >= 11 is 0. The molecule has 0 spiro atoms. The quantitative estimate of drug-likeness (QED) is 0.691.